The maximum absolute atomic E-state index is 4.00. The molecule has 1 rings (SSSR count). The molecule has 1 aromatic carbocycles. The first kappa shape index (κ1) is 15.0. The smallest absolute Gasteiger partial charge is 0.0228 e. The van der Waals surface area contributed by atoms with Gasteiger partial charge in [0.05, 0.1) is 0 Å². The third-order valence-electron chi connectivity index (χ3n) is 2.49. The van der Waals surface area contributed by atoms with Crippen molar-refractivity contribution >= 4 is 5.57 Å². The number of aryl methyl sites for hydroxylation is 2. The van der Waals surface area contributed by atoms with Gasteiger partial charge in [-0.1, -0.05) is 64.5 Å². The Kier molecular flexibility index (Phi) is 7.62. The molecule has 0 aromatic heterocycles. The molecule has 0 heterocycles. The van der Waals surface area contributed by atoms with E-state index in [2.05, 4.69) is 45.5 Å². The van der Waals surface area contributed by atoms with Crippen LogP contribution in [-0.2, 0) is 12.8 Å². The Hall–Kier alpha value is -1.04. The van der Waals surface area contributed by atoms with E-state index in [1.165, 1.54) is 29.5 Å². The second-order valence-electron chi connectivity index (χ2n) is 3.92. The molecule has 0 heteroatoms. The zero-order chi connectivity index (χ0) is 12.6. The first-order valence-electron chi connectivity index (χ1n) is 6.46. The lowest BCUT2D eigenvalue weighted by Crippen LogP contribution is -1.91. The van der Waals surface area contributed by atoms with Crippen molar-refractivity contribution in [1.29, 1.82) is 0 Å². The van der Waals surface area contributed by atoms with Gasteiger partial charge in [-0.15, -0.1) is 0 Å². The van der Waals surface area contributed by atoms with Gasteiger partial charge in [0, 0.05) is 0 Å². The molecule has 0 aliphatic rings. The first-order valence-corrected chi connectivity index (χ1v) is 6.46. The van der Waals surface area contributed by atoms with Gasteiger partial charge in [0.2, 0.25) is 0 Å². The van der Waals surface area contributed by atoms with E-state index < -0.39 is 0 Å². The van der Waals surface area contributed by atoms with Gasteiger partial charge in [0.15, 0.2) is 0 Å². The molecular weight excluding hydrogens is 192 g/mol. The minimum Gasteiger partial charge on any atom is -0.0955 e. The molecule has 0 unspecified atom stereocenters. The standard InChI is InChI=1S/C14H20.C2H6/c1-5-7-13-8-12(6-2)9-14(10-13)11(3)4;1-2/h8-10H,3,5-7H2,1-2,4H3;1-2H3. The number of benzene rings is 1. The van der Waals surface area contributed by atoms with Crippen LogP contribution in [0.25, 0.3) is 5.57 Å². The molecule has 0 amide bonds. The van der Waals surface area contributed by atoms with E-state index in [4.69, 9.17) is 0 Å². The lowest BCUT2D eigenvalue weighted by Gasteiger charge is -2.07. The zero-order valence-electron chi connectivity index (χ0n) is 11.6. The van der Waals surface area contributed by atoms with E-state index >= 15 is 0 Å². The molecule has 0 spiro atoms. The summed E-state index contributed by atoms with van der Waals surface area (Å²) >= 11 is 0. The third kappa shape index (κ3) is 4.65. The van der Waals surface area contributed by atoms with Crippen LogP contribution in [0.5, 0.6) is 0 Å². The highest BCUT2D eigenvalue weighted by Crippen LogP contribution is 2.18. The molecule has 0 N–H and O–H groups in total. The zero-order valence-corrected chi connectivity index (χ0v) is 11.6. The van der Waals surface area contributed by atoms with E-state index in [9.17, 15) is 0 Å². The van der Waals surface area contributed by atoms with Crippen molar-refractivity contribution in [3.63, 3.8) is 0 Å². The van der Waals surface area contributed by atoms with E-state index in [1.54, 1.807) is 0 Å². The molecule has 0 nitrogen and oxygen atoms in total. The second-order valence-corrected chi connectivity index (χ2v) is 3.92. The molecule has 0 bridgehead atoms. The number of allylic oxidation sites excluding steroid dienone is 1. The number of hydrogen-bond acceptors (Lipinski definition) is 0. The van der Waals surface area contributed by atoms with Crippen molar-refractivity contribution in [3.8, 4) is 0 Å². The average molecular weight is 218 g/mol. The van der Waals surface area contributed by atoms with E-state index in [0.717, 1.165) is 12.0 Å². The van der Waals surface area contributed by atoms with Crippen LogP contribution in [-0.4, -0.2) is 0 Å². The first-order chi connectivity index (χ1) is 7.67. The summed E-state index contributed by atoms with van der Waals surface area (Å²) < 4.78 is 0. The molecule has 0 atom stereocenters. The molecule has 0 saturated heterocycles. The fourth-order valence-electron chi connectivity index (χ4n) is 1.65. The van der Waals surface area contributed by atoms with Crippen molar-refractivity contribution in [2.45, 2.75) is 53.9 Å². The lowest BCUT2D eigenvalue weighted by molar-refractivity contribution is 0.916. The summed E-state index contributed by atoms with van der Waals surface area (Å²) in [5, 5.41) is 0. The Morgan fingerprint density at radius 2 is 1.62 bits per heavy atom. The van der Waals surface area contributed by atoms with Crippen molar-refractivity contribution < 1.29 is 0 Å². The molecular formula is C16H26. The van der Waals surface area contributed by atoms with E-state index in [-0.39, 0.29) is 0 Å². The van der Waals surface area contributed by atoms with Gasteiger partial charge in [-0.05, 0) is 36.5 Å². The van der Waals surface area contributed by atoms with Gasteiger partial charge in [-0.3, -0.25) is 0 Å². The Morgan fingerprint density at radius 1 is 1.06 bits per heavy atom. The maximum Gasteiger partial charge on any atom is -0.0228 e. The van der Waals surface area contributed by atoms with Crippen LogP contribution in [0.15, 0.2) is 24.8 Å². The summed E-state index contributed by atoms with van der Waals surface area (Å²) in [6.45, 7) is 14.5. The van der Waals surface area contributed by atoms with Gasteiger partial charge in [-0.2, -0.15) is 0 Å². The molecule has 0 radical (unpaired) electrons. The number of hydrogen-bond donors (Lipinski definition) is 0. The quantitative estimate of drug-likeness (QED) is 0.646. The van der Waals surface area contributed by atoms with Crippen LogP contribution in [0.4, 0.5) is 0 Å². The predicted octanol–water partition coefficient (Wildman–Crippen LogP) is 5.26. The summed E-state index contributed by atoms with van der Waals surface area (Å²) in [5.41, 5.74) is 5.34. The summed E-state index contributed by atoms with van der Waals surface area (Å²) in [5.74, 6) is 0. The normalized spacial score (nSPS) is 9.31. The number of rotatable bonds is 4. The fraction of sp³-hybridized carbons (Fsp3) is 0.500. The highest BCUT2D eigenvalue weighted by atomic mass is 14.1. The molecule has 0 saturated carbocycles. The van der Waals surface area contributed by atoms with Crippen molar-refractivity contribution in [1.82, 2.24) is 0 Å². The predicted molar refractivity (Wildman–Crippen MR) is 75.9 cm³/mol. The van der Waals surface area contributed by atoms with Gasteiger partial charge >= 0.3 is 0 Å². The van der Waals surface area contributed by atoms with Crippen molar-refractivity contribution in [2.24, 2.45) is 0 Å². The van der Waals surface area contributed by atoms with Crippen LogP contribution in [0.3, 0.4) is 0 Å². The van der Waals surface area contributed by atoms with E-state index in [1.807, 2.05) is 13.8 Å². The average Bonchev–Trinajstić information content (AvgIpc) is 2.31. The highest BCUT2D eigenvalue weighted by Gasteiger charge is 2.00. The topological polar surface area (TPSA) is 0 Å². The minimum atomic E-state index is 1.11. The van der Waals surface area contributed by atoms with Crippen molar-refractivity contribution in [3.05, 3.63) is 41.5 Å². The van der Waals surface area contributed by atoms with Gasteiger partial charge in [0.25, 0.3) is 0 Å². The van der Waals surface area contributed by atoms with Crippen LogP contribution in [0.1, 0.15) is 57.7 Å². The van der Waals surface area contributed by atoms with Crippen LogP contribution in [0, 0.1) is 0 Å². The van der Waals surface area contributed by atoms with Crippen LogP contribution < -0.4 is 0 Å². The maximum atomic E-state index is 4.00. The monoisotopic (exact) mass is 218 g/mol. The van der Waals surface area contributed by atoms with E-state index in [0.29, 0.717) is 0 Å². The van der Waals surface area contributed by atoms with Crippen molar-refractivity contribution in [2.75, 3.05) is 0 Å². The van der Waals surface area contributed by atoms with Gasteiger partial charge < -0.3 is 0 Å². The highest BCUT2D eigenvalue weighted by molar-refractivity contribution is 5.62. The molecule has 1 aromatic rings. The largest absolute Gasteiger partial charge is 0.0955 e. The minimum absolute atomic E-state index is 1.11. The fourth-order valence-corrected chi connectivity index (χ4v) is 1.65. The molecule has 90 valence electrons. The molecule has 16 heavy (non-hydrogen) atoms. The Morgan fingerprint density at radius 3 is 2.06 bits per heavy atom. The second kappa shape index (κ2) is 8.15. The third-order valence-corrected chi connectivity index (χ3v) is 2.49. The van der Waals surface area contributed by atoms with Crippen LogP contribution >= 0.6 is 0 Å². The molecule has 0 aliphatic heterocycles. The van der Waals surface area contributed by atoms with Gasteiger partial charge in [0.1, 0.15) is 0 Å². The van der Waals surface area contributed by atoms with Crippen LogP contribution in [0.2, 0.25) is 0 Å². The summed E-state index contributed by atoms with van der Waals surface area (Å²) in [7, 11) is 0. The Balaban J connectivity index is 0.00000106. The Labute approximate surface area is 101 Å². The SMILES string of the molecule is C=C(C)c1cc(CC)cc(CCC)c1.CC. The summed E-state index contributed by atoms with van der Waals surface area (Å²) in [6.07, 6.45) is 3.49. The summed E-state index contributed by atoms with van der Waals surface area (Å²) in [6, 6.07) is 6.84. The molecule has 0 fully saturated rings. The summed E-state index contributed by atoms with van der Waals surface area (Å²) in [4.78, 5) is 0. The molecule has 0 aliphatic carbocycles. The lowest BCUT2D eigenvalue weighted by atomic mass is 9.98. The Bertz CT molecular complexity index is 321. The van der Waals surface area contributed by atoms with Gasteiger partial charge in [-0.25, -0.2) is 0 Å².